The zero-order chi connectivity index (χ0) is 23.5. The number of benzene rings is 1. The summed E-state index contributed by atoms with van der Waals surface area (Å²) in [5.74, 6) is -2.69. The lowest BCUT2D eigenvalue weighted by Gasteiger charge is -2.51. The normalized spacial score (nSPS) is 28.7. The van der Waals surface area contributed by atoms with Crippen LogP contribution in [-0.2, 0) is 11.2 Å². The number of fused-ring (bicyclic) bond motifs is 4. The summed E-state index contributed by atoms with van der Waals surface area (Å²) < 4.78 is 56.5. The molecule has 1 heterocycles. The summed E-state index contributed by atoms with van der Waals surface area (Å²) in [7, 11) is 0. The highest BCUT2D eigenvalue weighted by Crippen LogP contribution is 2.57. The first kappa shape index (κ1) is 21.9. The third kappa shape index (κ3) is 3.60. The van der Waals surface area contributed by atoms with Crippen LogP contribution in [-0.4, -0.2) is 27.9 Å². The van der Waals surface area contributed by atoms with Crippen molar-refractivity contribution in [3.63, 3.8) is 0 Å². The first-order valence-corrected chi connectivity index (χ1v) is 11.2. The lowest BCUT2D eigenvalue weighted by atomic mass is 9.55. The van der Waals surface area contributed by atoms with Crippen LogP contribution in [0.3, 0.4) is 0 Å². The van der Waals surface area contributed by atoms with Gasteiger partial charge in [0.05, 0.1) is 23.5 Å². The van der Waals surface area contributed by atoms with Crippen molar-refractivity contribution in [3.8, 4) is 5.69 Å². The Morgan fingerprint density at radius 1 is 1.24 bits per heavy atom. The molecule has 0 radical (unpaired) electrons. The first-order valence-electron chi connectivity index (χ1n) is 11.2. The average molecular weight is 459 g/mol. The van der Waals surface area contributed by atoms with Crippen molar-refractivity contribution in [2.24, 2.45) is 17.3 Å². The quantitative estimate of drug-likeness (QED) is 0.484. The predicted octanol–water partition coefficient (Wildman–Crippen LogP) is 5.38. The number of nitrogens with zero attached hydrogens (tertiary/aromatic N) is 2. The number of rotatable bonds is 2. The minimum absolute atomic E-state index is 0.134. The molecule has 1 fully saturated rings. The van der Waals surface area contributed by atoms with Gasteiger partial charge in [-0.15, -0.1) is 0 Å². The predicted molar refractivity (Wildman–Crippen MR) is 116 cm³/mol. The molecule has 0 unspecified atom stereocenters. The number of amides is 1. The molecule has 1 amide bonds. The van der Waals surface area contributed by atoms with E-state index in [1.54, 1.807) is 29.1 Å². The Morgan fingerprint density at radius 3 is 2.64 bits per heavy atom. The van der Waals surface area contributed by atoms with Gasteiger partial charge in [0, 0.05) is 24.3 Å². The molecule has 4 atom stereocenters. The lowest BCUT2D eigenvalue weighted by Crippen LogP contribution is -2.54. The molecule has 3 aliphatic carbocycles. The van der Waals surface area contributed by atoms with Crippen LogP contribution in [0.4, 0.5) is 17.6 Å². The van der Waals surface area contributed by atoms with Crippen molar-refractivity contribution in [1.29, 1.82) is 0 Å². The van der Waals surface area contributed by atoms with Crippen LogP contribution in [0.15, 0.2) is 47.7 Å². The molecule has 2 aromatic rings. The van der Waals surface area contributed by atoms with E-state index >= 15 is 0 Å². The Morgan fingerprint density at radius 2 is 1.97 bits per heavy atom. The number of aromatic nitrogens is 2. The fourth-order valence-electron chi connectivity index (χ4n) is 6.00. The minimum Gasteiger partial charge on any atom is -0.352 e. The molecular weight excluding hydrogens is 434 g/mol. The van der Waals surface area contributed by atoms with E-state index in [2.05, 4.69) is 23.4 Å². The monoisotopic (exact) mass is 459 g/mol. The van der Waals surface area contributed by atoms with E-state index in [0.29, 0.717) is 19.3 Å². The smallest absolute Gasteiger partial charge is 0.352 e. The molecule has 1 aromatic heterocycles. The van der Waals surface area contributed by atoms with Crippen LogP contribution >= 0.6 is 0 Å². The summed E-state index contributed by atoms with van der Waals surface area (Å²) in [5.41, 5.74) is 4.41. The van der Waals surface area contributed by atoms with Crippen molar-refractivity contribution in [2.75, 3.05) is 0 Å². The molecule has 5 rings (SSSR count). The van der Waals surface area contributed by atoms with Gasteiger partial charge in [-0.3, -0.25) is 4.79 Å². The molecule has 4 nitrogen and oxygen atoms in total. The van der Waals surface area contributed by atoms with Gasteiger partial charge in [-0.25, -0.2) is 9.07 Å². The van der Waals surface area contributed by atoms with Crippen LogP contribution in [0.5, 0.6) is 0 Å². The van der Waals surface area contributed by atoms with Gasteiger partial charge in [0.15, 0.2) is 0 Å². The molecule has 0 spiro atoms. The van der Waals surface area contributed by atoms with Crippen LogP contribution < -0.4 is 5.32 Å². The van der Waals surface area contributed by atoms with Gasteiger partial charge in [-0.1, -0.05) is 24.1 Å². The largest absolute Gasteiger partial charge is 0.394 e. The number of hydrogen-bond donors (Lipinski definition) is 1. The highest BCUT2D eigenvalue weighted by atomic mass is 19.4. The summed E-state index contributed by atoms with van der Waals surface area (Å²) in [5, 5.41) is 7.15. The van der Waals surface area contributed by atoms with E-state index in [4.69, 9.17) is 0 Å². The third-order valence-electron chi connectivity index (χ3n) is 7.53. The summed E-state index contributed by atoms with van der Waals surface area (Å²) in [6.45, 7) is 3.37. The molecule has 1 aromatic carbocycles. The lowest BCUT2D eigenvalue weighted by molar-refractivity contribution is -0.187. The third-order valence-corrected chi connectivity index (χ3v) is 7.53. The van der Waals surface area contributed by atoms with E-state index in [9.17, 15) is 22.4 Å². The maximum absolute atomic E-state index is 13.8. The van der Waals surface area contributed by atoms with Gasteiger partial charge >= 0.3 is 6.18 Å². The van der Waals surface area contributed by atoms with Crippen molar-refractivity contribution >= 4 is 12.0 Å². The molecular formula is C25H25F4N3O. The van der Waals surface area contributed by atoms with E-state index in [-0.39, 0.29) is 18.2 Å². The van der Waals surface area contributed by atoms with E-state index < -0.39 is 29.5 Å². The number of alkyl halides is 3. The van der Waals surface area contributed by atoms with Gasteiger partial charge in [-0.2, -0.15) is 18.3 Å². The highest BCUT2D eigenvalue weighted by Gasteiger charge is 2.54. The maximum Gasteiger partial charge on any atom is 0.394 e. The Labute approximate surface area is 189 Å². The Bertz CT molecular complexity index is 1160. The molecule has 1 N–H and O–H groups in total. The summed E-state index contributed by atoms with van der Waals surface area (Å²) >= 11 is 0. The van der Waals surface area contributed by atoms with Gasteiger partial charge in [-0.05, 0) is 61.6 Å². The highest BCUT2D eigenvalue weighted by molar-refractivity contribution is 5.73. The molecule has 1 saturated carbocycles. The number of carbonyl (C=O) groups excluding carboxylic acids is 1. The van der Waals surface area contributed by atoms with Gasteiger partial charge in [0.1, 0.15) is 5.82 Å². The van der Waals surface area contributed by atoms with Crippen molar-refractivity contribution in [3.05, 3.63) is 64.8 Å². The topological polar surface area (TPSA) is 46.9 Å². The molecule has 0 saturated heterocycles. The second-order valence-electron chi connectivity index (χ2n) is 9.54. The zero-order valence-electron chi connectivity index (χ0n) is 18.4. The van der Waals surface area contributed by atoms with Crippen LogP contribution in [0.25, 0.3) is 11.8 Å². The number of carbonyl (C=O) groups is 1. The minimum atomic E-state index is -4.37. The maximum atomic E-state index is 13.8. The molecule has 0 bridgehead atoms. The van der Waals surface area contributed by atoms with Crippen molar-refractivity contribution in [2.45, 2.75) is 51.7 Å². The standard InChI is InChI=1S/C25H25F4N3O/c1-14(33)31-23-19-8-3-16-11-22-15(13-30-32(22)18-6-4-17(26)5-7-18)12-24(16,2)20(19)9-10-21(23)25(27,28)29/h4-7,9,11,13,19,21,23H,3,8,10,12H2,1-2H3,(H,31,33)/t19-,21+,23+,24-/m0/s1. The molecule has 33 heavy (non-hydrogen) atoms. The number of allylic oxidation sites excluding steroid dienone is 2. The van der Waals surface area contributed by atoms with Gasteiger partial charge in [0.2, 0.25) is 5.91 Å². The number of hydrogen-bond acceptors (Lipinski definition) is 2. The zero-order valence-corrected chi connectivity index (χ0v) is 18.4. The van der Waals surface area contributed by atoms with Gasteiger partial charge < -0.3 is 5.32 Å². The first-order chi connectivity index (χ1) is 15.6. The summed E-state index contributed by atoms with van der Waals surface area (Å²) in [6.07, 6.45) is 2.96. The second kappa shape index (κ2) is 7.57. The van der Waals surface area contributed by atoms with E-state index in [1.807, 2.05) is 0 Å². The number of halogens is 4. The number of nitrogens with one attached hydrogen (secondary N) is 1. The fourth-order valence-corrected chi connectivity index (χ4v) is 6.00. The summed E-state index contributed by atoms with van der Waals surface area (Å²) in [4.78, 5) is 11.8. The fraction of sp³-hybridized carbons (Fsp3) is 0.440. The molecule has 3 aliphatic rings. The van der Waals surface area contributed by atoms with Crippen LogP contribution in [0.2, 0.25) is 0 Å². The average Bonchev–Trinajstić information content (AvgIpc) is 3.13. The van der Waals surface area contributed by atoms with E-state index in [1.165, 1.54) is 19.1 Å². The van der Waals surface area contributed by atoms with E-state index in [0.717, 1.165) is 28.1 Å². The molecule has 0 aliphatic heterocycles. The SMILES string of the molecule is CC(=O)N[C@H]1[C@H](C(F)(F)F)CC=C2[C@@H]1CCC1=Cc3c(cnn3-c3ccc(F)cc3)C[C@@]12C. The van der Waals surface area contributed by atoms with Crippen molar-refractivity contribution < 1.29 is 22.4 Å². The summed E-state index contributed by atoms with van der Waals surface area (Å²) in [6, 6.07) is 5.17. The van der Waals surface area contributed by atoms with Crippen molar-refractivity contribution in [1.82, 2.24) is 15.1 Å². The van der Waals surface area contributed by atoms with Crippen LogP contribution in [0, 0.1) is 23.1 Å². The second-order valence-corrected chi connectivity index (χ2v) is 9.54. The molecule has 174 valence electrons. The Balaban J connectivity index is 1.53. The Kier molecular flexibility index (Phi) is 5.03. The van der Waals surface area contributed by atoms with Crippen LogP contribution in [0.1, 0.15) is 44.4 Å². The van der Waals surface area contributed by atoms with Gasteiger partial charge in [0.25, 0.3) is 0 Å². The Hall–Kier alpha value is -2.90. The molecule has 8 heteroatoms.